The molecule has 0 bridgehead atoms. The van der Waals surface area contributed by atoms with E-state index in [9.17, 15) is 0 Å². The first-order valence-electron chi connectivity index (χ1n) is 6.41. The molecule has 1 N–H and O–H groups in total. The number of hydrogen-bond acceptors (Lipinski definition) is 2. The van der Waals surface area contributed by atoms with E-state index in [0.29, 0.717) is 0 Å². The highest BCUT2D eigenvalue weighted by atomic mass is 16.1. The first-order chi connectivity index (χ1) is 8.43. The molecule has 0 spiro atoms. The predicted octanol–water partition coefficient (Wildman–Crippen LogP) is 4.30. The maximum absolute atomic E-state index is 8.00. The fourth-order valence-electron chi connectivity index (χ4n) is 0.800. The largest absolute Gasteiger partial charge is 0.316 e. The highest BCUT2D eigenvalue weighted by Gasteiger charge is 1.83. The minimum atomic E-state index is 0.959. The van der Waals surface area contributed by atoms with Gasteiger partial charge in [-0.15, -0.1) is 0 Å². The van der Waals surface area contributed by atoms with Crippen LogP contribution in [-0.4, -0.2) is 13.8 Å². The van der Waals surface area contributed by atoms with Gasteiger partial charge >= 0.3 is 0 Å². The van der Waals surface area contributed by atoms with Crippen molar-refractivity contribution in [2.24, 2.45) is 0 Å². The van der Waals surface area contributed by atoms with Gasteiger partial charge in [-0.25, -0.2) is 0 Å². The third kappa shape index (κ3) is 25.3. The van der Waals surface area contributed by atoms with Crippen LogP contribution in [0.2, 0.25) is 0 Å². The molecule has 0 heterocycles. The summed E-state index contributed by atoms with van der Waals surface area (Å²) >= 11 is 0. The summed E-state index contributed by atoms with van der Waals surface area (Å²) < 4.78 is 0. The van der Waals surface area contributed by atoms with E-state index in [1.807, 2.05) is 73.6 Å². The van der Waals surface area contributed by atoms with E-state index in [0.717, 1.165) is 6.54 Å². The monoisotopic (exact) mass is 241 g/mol. The Bertz CT molecular complexity index is 176. The molecule has 0 saturated heterocycles. The predicted molar refractivity (Wildman–Crippen MR) is 80.4 cm³/mol. The molecule has 1 aromatic carbocycles. The second-order valence-electron chi connectivity index (χ2n) is 2.02. The summed E-state index contributed by atoms with van der Waals surface area (Å²) in [6, 6.07) is 10.3. The van der Waals surface area contributed by atoms with E-state index in [1.54, 1.807) is 0 Å². The lowest BCUT2D eigenvalue weighted by Gasteiger charge is -1.95. The molecule has 102 valence electrons. The molecule has 0 saturated carbocycles. The van der Waals surface area contributed by atoms with Crippen LogP contribution in [0.15, 0.2) is 30.3 Å². The molecular weight excluding hydrogens is 210 g/mol. The normalized spacial score (nSPS) is 6.29. The molecule has 17 heavy (non-hydrogen) atoms. The molecule has 0 aliphatic rings. The fraction of sp³-hybridized carbons (Fsp3) is 0.533. The van der Waals surface area contributed by atoms with Gasteiger partial charge in [0.25, 0.3) is 0 Å². The molecule has 0 fully saturated rings. The lowest BCUT2D eigenvalue weighted by atomic mass is 10.2. The van der Waals surface area contributed by atoms with Gasteiger partial charge < -0.3 is 10.1 Å². The summed E-state index contributed by atoms with van der Waals surface area (Å²) in [5, 5.41) is 3.08. The van der Waals surface area contributed by atoms with Gasteiger partial charge in [-0.2, -0.15) is 0 Å². The summed E-state index contributed by atoms with van der Waals surface area (Å²) in [7, 11) is 1.95. The summed E-state index contributed by atoms with van der Waals surface area (Å²) in [6.45, 7) is 15.0. The Labute approximate surface area is 108 Å². The van der Waals surface area contributed by atoms with E-state index < -0.39 is 0 Å². The Morgan fingerprint density at radius 2 is 1.24 bits per heavy atom. The topological polar surface area (TPSA) is 29.1 Å². The molecule has 1 aromatic rings. The lowest BCUT2D eigenvalue weighted by Crippen LogP contribution is -2.04. The van der Waals surface area contributed by atoms with Crippen molar-refractivity contribution in [3.05, 3.63) is 35.9 Å². The Morgan fingerprint density at radius 3 is 1.53 bits per heavy atom. The van der Waals surface area contributed by atoms with Gasteiger partial charge in [0, 0.05) is 6.54 Å². The minimum Gasteiger partial charge on any atom is -0.316 e. The maximum atomic E-state index is 8.00. The number of benzene rings is 1. The van der Waals surface area contributed by atoms with E-state index in [4.69, 9.17) is 4.79 Å². The zero-order valence-electron chi connectivity index (χ0n) is 12.7. The van der Waals surface area contributed by atoms with Gasteiger partial charge in [0.15, 0.2) is 0 Å². The molecule has 0 radical (unpaired) electrons. The number of rotatable bonds is 2. The quantitative estimate of drug-likeness (QED) is 0.836. The molecule has 0 unspecified atom stereocenters. The van der Waals surface area contributed by atoms with Crippen molar-refractivity contribution in [3.8, 4) is 0 Å². The van der Waals surface area contributed by atoms with Crippen molar-refractivity contribution < 1.29 is 4.79 Å². The Balaban J connectivity index is -0.0000000905. The number of carbonyl (C=O) groups is 1. The summed E-state index contributed by atoms with van der Waals surface area (Å²) in [5.74, 6) is 0. The first-order valence-corrected chi connectivity index (χ1v) is 6.41. The number of hydrogen-bond donors (Lipinski definition) is 1. The highest BCUT2D eigenvalue weighted by Crippen LogP contribution is 1.95. The molecule has 0 aliphatic carbocycles. The van der Waals surface area contributed by atoms with E-state index in [2.05, 4.69) is 17.4 Å². The lowest BCUT2D eigenvalue weighted by molar-refractivity contribution is -0.0979. The van der Waals surface area contributed by atoms with Crippen LogP contribution in [0.5, 0.6) is 0 Å². The maximum Gasteiger partial charge on any atom is 0.106 e. The van der Waals surface area contributed by atoms with Crippen molar-refractivity contribution >= 4 is 6.79 Å². The molecule has 2 heteroatoms. The van der Waals surface area contributed by atoms with E-state index in [1.165, 1.54) is 5.56 Å². The Hall–Kier alpha value is -1.15. The molecule has 0 aliphatic heterocycles. The van der Waals surface area contributed by atoms with Crippen LogP contribution in [0.1, 0.15) is 47.1 Å². The van der Waals surface area contributed by atoms with E-state index >= 15 is 0 Å². The van der Waals surface area contributed by atoms with Crippen LogP contribution >= 0.6 is 0 Å². The minimum absolute atomic E-state index is 0.959. The van der Waals surface area contributed by atoms with Crippen LogP contribution < -0.4 is 5.32 Å². The molecule has 0 atom stereocenters. The van der Waals surface area contributed by atoms with E-state index in [-0.39, 0.29) is 0 Å². The van der Waals surface area contributed by atoms with Gasteiger partial charge in [-0.3, -0.25) is 0 Å². The summed E-state index contributed by atoms with van der Waals surface area (Å²) in [4.78, 5) is 8.00. The van der Waals surface area contributed by atoms with Crippen LogP contribution in [0, 0.1) is 0 Å². The fourth-order valence-corrected chi connectivity index (χ4v) is 0.800. The van der Waals surface area contributed by atoms with Gasteiger partial charge in [0.2, 0.25) is 0 Å². The molecule has 2 nitrogen and oxygen atoms in total. The average Bonchev–Trinajstić information content (AvgIpc) is 2.49. The average molecular weight is 241 g/mol. The van der Waals surface area contributed by atoms with Crippen LogP contribution in [0.3, 0.4) is 0 Å². The summed E-state index contributed by atoms with van der Waals surface area (Å²) in [6.07, 6.45) is 0. The third-order valence-corrected chi connectivity index (χ3v) is 1.22. The molecule has 0 amide bonds. The smallest absolute Gasteiger partial charge is 0.106 e. The van der Waals surface area contributed by atoms with Crippen LogP contribution in [-0.2, 0) is 11.3 Å². The standard InChI is InChI=1S/C8H11N.3C2H6.CH2O/c1-9-7-8-5-3-2-4-6-8;4*1-2/h2-6,9H,7H2,1H3;3*1-2H3;1H2. The van der Waals surface area contributed by atoms with Crippen molar-refractivity contribution in [1.29, 1.82) is 0 Å². The Kier molecular flexibility index (Phi) is 53.3. The molecular formula is C15H31NO. The van der Waals surface area contributed by atoms with Crippen molar-refractivity contribution in [3.63, 3.8) is 0 Å². The first kappa shape index (κ1) is 24.9. The number of carbonyl (C=O) groups excluding carboxylic acids is 1. The Morgan fingerprint density at radius 1 is 0.882 bits per heavy atom. The van der Waals surface area contributed by atoms with Crippen molar-refractivity contribution in [1.82, 2.24) is 5.32 Å². The molecule has 1 rings (SSSR count). The third-order valence-electron chi connectivity index (χ3n) is 1.22. The second-order valence-corrected chi connectivity index (χ2v) is 2.02. The van der Waals surface area contributed by atoms with Crippen LogP contribution in [0.4, 0.5) is 0 Å². The van der Waals surface area contributed by atoms with Gasteiger partial charge in [0.05, 0.1) is 0 Å². The second kappa shape index (κ2) is 36.4. The van der Waals surface area contributed by atoms with Gasteiger partial charge in [-0.1, -0.05) is 71.9 Å². The van der Waals surface area contributed by atoms with Crippen molar-refractivity contribution in [2.45, 2.75) is 48.1 Å². The molecule has 0 aromatic heterocycles. The van der Waals surface area contributed by atoms with Gasteiger partial charge in [-0.05, 0) is 12.6 Å². The zero-order valence-corrected chi connectivity index (χ0v) is 12.7. The number of nitrogens with one attached hydrogen (secondary N) is 1. The zero-order chi connectivity index (χ0) is 14.5. The summed E-state index contributed by atoms with van der Waals surface area (Å²) in [5.41, 5.74) is 1.33. The van der Waals surface area contributed by atoms with Gasteiger partial charge in [0.1, 0.15) is 6.79 Å². The highest BCUT2D eigenvalue weighted by molar-refractivity contribution is 5.13. The van der Waals surface area contributed by atoms with Crippen molar-refractivity contribution in [2.75, 3.05) is 7.05 Å². The van der Waals surface area contributed by atoms with Crippen LogP contribution in [0.25, 0.3) is 0 Å². The SMILES string of the molecule is C=O.CC.CC.CC.CNCc1ccccc1.